The third-order valence-electron chi connectivity index (χ3n) is 3.13. The number of aliphatic hydroxyl groups excluding tert-OH is 2. The number of esters is 1. The van der Waals surface area contributed by atoms with E-state index in [1.165, 1.54) is 6.92 Å². The van der Waals surface area contributed by atoms with E-state index in [1.807, 2.05) is 0 Å². The Bertz CT molecular complexity index is 358. The lowest BCUT2D eigenvalue weighted by Gasteiger charge is -2.49. The maximum absolute atomic E-state index is 11.7. The quantitative estimate of drug-likeness (QED) is 0.201. The molecule has 0 heterocycles. The first kappa shape index (κ1) is 16.2. The van der Waals surface area contributed by atoms with Crippen molar-refractivity contribution in [3.05, 3.63) is 0 Å². The highest BCUT2D eigenvalue weighted by molar-refractivity contribution is 5.79. The van der Waals surface area contributed by atoms with Crippen molar-refractivity contribution in [2.75, 3.05) is 6.61 Å². The highest BCUT2D eigenvalue weighted by Gasteiger charge is 2.62. The van der Waals surface area contributed by atoms with Gasteiger partial charge in [-0.15, -0.1) is 0 Å². The summed E-state index contributed by atoms with van der Waals surface area (Å²) < 4.78 is 4.62. The van der Waals surface area contributed by atoms with Gasteiger partial charge in [-0.1, -0.05) is 0 Å². The van der Waals surface area contributed by atoms with E-state index in [2.05, 4.69) is 4.74 Å². The van der Waals surface area contributed by atoms with Crippen molar-refractivity contribution in [3.63, 3.8) is 0 Å². The molecule has 19 heavy (non-hydrogen) atoms. The first-order chi connectivity index (χ1) is 8.42. The van der Waals surface area contributed by atoms with E-state index in [-0.39, 0.29) is 6.61 Å². The molecule has 9 N–H and O–H groups in total. The Labute approximate surface area is 109 Å². The first-order valence-corrected chi connectivity index (χ1v) is 5.70. The summed E-state index contributed by atoms with van der Waals surface area (Å²) in [7, 11) is 0. The van der Waals surface area contributed by atoms with Crippen LogP contribution in [-0.2, 0) is 9.53 Å². The highest BCUT2D eigenvalue weighted by atomic mass is 16.6. The molecule has 112 valence electrons. The topological polar surface area (TPSA) is 179 Å². The van der Waals surface area contributed by atoms with Crippen LogP contribution < -0.4 is 11.5 Å². The van der Waals surface area contributed by atoms with Crippen LogP contribution in [0.15, 0.2) is 0 Å². The minimum Gasteiger partial charge on any atom is -0.461 e. The third kappa shape index (κ3) is 3.03. The molecule has 5 atom stereocenters. The van der Waals surface area contributed by atoms with Gasteiger partial charge in [0.1, 0.15) is 12.7 Å². The van der Waals surface area contributed by atoms with Crippen molar-refractivity contribution < 1.29 is 35.1 Å². The first-order valence-electron chi connectivity index (χ1n) is 5.70. The van der Waals surface area contributed by atoms with E-state index in [0.29, 0.717) is 0 Å². The van der Waals surface area contributed by atoms with Crippen LogP contribution in [0.4, 0.5) is 0 Å². The Morgan fingerprint density at radius 2 is 1.95 bits per heavy atom. The Morgan fingerprint density at radius 1 is 1.42 bits per heavy atom. The molecule has 3 unspecified atom stereocenters. The second kappa shape index (κ2) is 4.94. The van der Waals surface area contributed by atoms with E-state index in [4.69, 9.17) is 16.6 Å². The fourth-order valence-corrected chi connectivity index (χ4v) is 1.91. The molecule has 0 saturated heterocycles. The smallest absolute Gasteiger partial charge is 0.338 e. The molecule has 1 aliphatic rings. The molecule has 0 radical (unpaired) electrons. The van der Waals surface area contributed by atoms with Crippen LogP contribution in [-0.4, -0.2) is 67.4 Å². The average Bonchev–Trinajstić information content (AvgIpc) is 2.22. The fraction of sp³-hybridized carbons (Fsp3) is 0.900. The second-order valence-electron chi connectivity index (χ2n) is 5.13. The maximum Gasteiger partial charge on any atom is 0.338 e. The lowest BCUT2D eigenvalue weighted by molar-refractivity contribution is -0.260. The Kier molecular flexibility index (Phi) is 4.23. The summed E-state index contributed by atoms with van der Waals surface area (Å²) in [5.41, 5.74) is 3.14. The summed E-state index contributed by atoms with van der Waals surface area (Å²) in [6, 6.07) is 0. The number of rotatable bonds is 3. The summed E-state index contributed by atoms with van der Waals surface area (Å²) in [6.07, 6.45) is -4.24. The standard InChI is InChI=1S/C10H20N2O7/c1-5(13)3-19-7(15)8(16)2-6(14)10(12,18)9(11,17)4-8/h5-6,13-14,16-18H,2-4,11-12H2,1H3/t5?,6-,8?,9-,10?/m1/s1. The number of carbonyl (C=O) groups excluding carboxylic acids is 1. The van der Waals surface area contributed by atoms with Crippen molar-refractivity contribution in [1.29, 1.82) is 0 Å². The predicted molar refractivity (Wildman–Crippen MR) is 61.1 cm³/mol. The van der Waals surface area contributed by atoms with Crippen LogP contribution in [0.1, 0.15) is 19.8 Å². The molecule has 9 nitrogen and oxygen atoms in total. The monoisotopic (exact) mass is 280 g/mol. The van der Waals surface area contributed by atoms with Crippen LogP contribution in [0.25, 0.3) is 0 Å². The molecule has 0 amide bonds. The van der Waals surface area contributed by atoms with Gasteiger partial charge < -0.3 is 30.3 Å². The van der Waals surface area contributed by atoms with Gasteiger partial charge in [0.05, 0.1) is 6.10 Å². The zero-order chi connectivity index (χ0) is 15.1. The van der Waals surface area contributed by atoms with E-state index >= 15 is 0 Å². The minimum absolute atomic E-state index is 0.368. The van der Waals surface area contributed by atoms with E-state index in [9.17, 15) is 25.2 Å². The molecule has 1 rings (SSSR count). The largest absolute Gasteiger partial charge is 0.461 e. The average molecular weight is 280 g/mol. The number of carbonyl (C=O) groups is 1. The molecular formula is C10H20N2O7. The van der Waals surface area contributed by atoms with Crippen molar-refractivity contribution in [2.24, 2.45) is 11.5 Å². The van der Waals surface area contributed by atoms with Crippen molar-refractivity contribution in [2.45, 2.75) is 49.0 Å². The zero-order valence-corrected chi connectivity index (χ0v) is 10.5. The predicted octanol–water partition coefficient (Wildman–Crippen LogP) is -3.91. The number of aliphatic hydroxyl groups is 5. The molecule has 1 saturated carbocycles. The van der Waals surface area contributed by atoms with Crippen molar-refractivity contribution in [1.82, 2.24) is 0 Å². The molecule has 9 heteroatoms. The summed E-state index contributed by atoms with van der Waals surface area (Å²) in [5.74, 6) is -1.17. The van der Waals surface area contributed by atoms with Gasteiger partial charge in [-0.25, -0.2) is 4.79 Å². The molecule has 0 aliphatic heterocycles. The van der Waals surface area contributed by atoms with E-state index in [0.717, 1.165) is 0 Å². The normalized spacial score (nSPS) is 44.7. The number of ether oxygens (including phenoxy) is 1. The van der Waals surface area contributed by atoms with Gasteiger partial charge >= 0.3 is 5.97 Å². The van der Waals surface area contributed by atoms with E-state index in [1.54, 1.807) is 0 Å². The fourth-order valence-electron chi connectivity index (χ4n) is 1.91. The zero-order valence-electron chi connectivity index (χ0n) is 10.5. The number of nitrogens with two attached hydrogens (primary N) is 2. The number of hydrogen-bond acceptors (Lipinski definition) is 9. The van der Waals surface area contributed by atoms with Gasteiger partial charge in [-0.3, -0.25) is 11.5 Å². The molecule has 0 aromatic heterocycles. The molecule has 0 bridgehead atoms. The summed E-state index contributed by atoms with van der Waals surface area (Å²) in [4.78, 5) is 11.7. The number of hydrogen-bond donors (Lipinski definition) is 7. The molecular weight excluding hydrogens is 260 g/mol. The van der Waals surface area contributed by atoms with Crippen molar-refractivity contribution in [3.8, 4) is 0 Å². The van der Waals surface area contributed by atoms with Gasteiger partial charge in [-0.2, -0.15) is 0 Å². The molecule has 0 spiro atoms. The Morgan fingerprint density at radius 3 is 2.37 bits per heavy atom. The van der Waals surface area contributed by atoms with E-state index < -0.39 is 48.1 Å². The molecule has 1 aliphatic carbocycles. The van der Waals surface area contributed by atoms with Crippen LogP contribution in [0.2, 0.25) is 0 Å². The third-order valence-corrected chi connectivity index (χ3v) is 3.13. The van der Waals surface area contributed by atoms with Crippen LogP contribution in [0.3, 0.4) is 0 Å². The highest BCUT2D eigenvalue weighted by Crippen LogP contribution is 2.37. The Hall–Kier alpha value is -0.810. The summed E-state index contributed by atoms with van der Waals surface area (Å²) >= 11 is 0. The minimum atomic E-state index is -2.58. The van der Waals surface area contributed by atoms with Crippen LogP contribution in [0.5, 0.6) is 0 Å². The van der Waals surface area contributed by atoms with Crippen molar-refractivity contribution >= 4 is 5.97 Å². The van der Waals surface area contributed by atoms with Gasteiger partial charge in [0.15, 0.2) is 17.1 Å². The van der Waals surface area contributed by atoms with Gasteiger partial charge in [0.25, 0.3) is 0 Å². The second-order valence-corrected chi connectivity index (χ2v) is 5.13. The molecule has 0 aromatic carbocycles. The lowest BCUT2D eigenvalue weighted by atomic mass is 9.73. The lowest BCUT2D eigenvalue weighted by Crippen LogP contribution is -2.78. The summed E-state index contributed by atoms with van der Waals surface area (Å²) in [5, 5.41) is 48.1. The van der Waals surface area contributed by atoms with Gasteiger partial charge in [0.2, 0.25) is 0 Å². The van der Waals surface area contributed by atoms with Crippen LogP contribution in [0, 0.1) is 0 Å². The molecule has 0 aromatic rings. The Balaban J connectivity index is 2.87. The molecule has 1 fully saturated rings. The summed E-state index contributed by atoms with van der Waals surface area (Å²) in [6.45, 7) is 0.998. The maximum atomic E-state index is 11.7. The SMILES string of the molecule is CC(O)COC(=O)C1(O)C[C@@H](O)C(N)(O)[C@](N)(O)C1. The van der Waals surface area contributed by atoms with Gasteiger partial charge in [-0.05, 0) is 6.92 Å². The van der Waals surface area contributed by atoms with Crippen LogP contribution >= 0.6 is 0 Å². The van der Waals surface area contributed by atoms with Gasteiger partial charge in [0, 0.05) is 12.8 Å².